The van der Waals surface area contributed by atoms with E-state index in [2.05, 4.69) is 10.1 Å². The van der Waals surface area contributed by atoms with Crippen LogP contribution in [0.5, 0.6) is 0 Å². The summed E-state index contributed by atoms with van der Waals surface area (Å²) >= 11 is 0. The average molecular weight is 302 g/mol. The molecular formula is C16H22N4O2. The topological polar surface area (TPSA) is 60.2 Å². The Morgan fingerprint density at radius 2 is 2.27 bits per heavy atom. The minimum atomic E-state index is 0.0911. The summed E-state index contributed by atoms with van der Waals surface area (Å²) in [4.78, 5) is 18.2. The summed E-state index contributed by atoms with van der Waals surface area (Å²) < 4.78 is 6.76. The molecule has 0 bridgehead atoms. The van der Waals surface area contributed by atoms with Gasteiger partial charge in [0.15, 0.2) is 0 Å². The second kappa shape index (κ2) is 7.70. The average Bonchev–Trinajstić information content (AvgIpc) is 2.91. The Morgan fingerprint density at radius 1 is 1.45 bits per heavy atom. The number of ether oxygens (including phenoxy) is 1. The lowest BCUT2D eigenvalue weighted by atomic mass is 10.2. The minimum absolute atomic E-state index is 0.0911. The first-order valence-electron chi connectivity index (χ1n) is 7.43. The molecule has 0 aliphatic rings. The zero-order valence-corrected chi connectivity index (χ0v) is 13.3. The number of aromatic nitrogens is 3. The molecule has 0 aliphatic heterocycles. The first kappa shape index (κ1) is 16.2. The molecule has 0 N–H and O–H groups in total. The van der Waals surface area contributed by atoms with Crippen LogP contribution in [0.3, 0.4) is 0 Å². The maximum absolute atomic E-state index is 12.4. The van der Waals surface area contributed by atoms with Crippen molar-refractivity contribution in [2.24, 2.45) is 0 Å². The number of anilines is 1. The zero-order chi connectivity index (χ0) is 15.9. The van der Waals surface area contributed by atoms with Gasteiger partial charge in [0.05, 0.1) is 29.5 Å². The van der Waals surface area contributed by atoms with E-state index in [0.29, 0.717) is 19.6 Å². The Morgan fingerprint density at radius 3 is 2.91 bits per heavy atom. The van der Waals surface area contributed by atoms with Gasteiger partial charge in [-0.15, -0.1) is 0 Å². The first-order valence-corrected chi connectivity index (χ1v) is 7.43. The molecule has 0 atom stereocenters. The molecule has 2 rings (SSSR count). The van der Waals surface area contributed by atoms with Crippen molar-refractivity contribution in [1.82, 2.24) is 14.8 Å². The van der Waals surface area contributed by atoms with Crippen LogP contribution in [0.4, 0.5) is 5.69 Å². The SMILES string of the molecule is CCN(C(=O)CCCOC)c1cn(-c2cccnc2)nc1C. The number of pyridine rings is 1. The fourth-order valence-electron chi connectivity index (χ4n) is 2.32. The van der Waals surface area contributed by atoms with Crippen LogP contribution in [0.15, 0.2) is 30.7 Å². The molecule has 1 amide bonds. The highest BCUT2D eigenvalue weighted by Gasteiger charge is 2.18. The number of methoxy groups -OCH3 is 1. The number of hydrogen-bond acceptors (Lipinski definition) is 4. The van der Waals surface area contributed by atoms with E-state index in [4.69, 9.17) is 4.74 Å². The van der Waals surface area contributed by atoms with Gasteiger partial charge in [-0.3, -0.25) is 9.78 Å². The summed E-state index contributed by atoms with van der Waals surface area (Å²) in [5.74, 6) is 0.0911. The van der Waals surface area contributed by atoms with Gasteiger partial charge in [-0.1, -0.05) is 0 Å². The van der Waals surface area contributed by atoms with E-state index < -0.39 is 0 Å². The van der Waals surface area contributed by atoms with Gasteiger partial charge in [-0.05, 0) is 32.4 Å². The molecule has 2 heterocycles. The van der Waals surface area contributed by atoms with Gasteiger partial charge in [0, 0.05) is 32.9 Å². The van der Waals surface area contributed by atoms with Crippen molar-refractivity contribution in [1.29, 1.82) is 0 Å². The minimum Gasteiger partial charge on any atom is -0.385 e. The Bertz CT molecular complexity index is 610. The molecule has 0 radical (unpaired) electrons. The van der Waals surface area contributed by atoms with Crippen LogP contribution in [0.1, 0.15) is 25.5 Å². The molecule has 0 aliphatic carbocycles. The second-order valence-electron chi connectivity index (χ2n) is 4.99. The molecule has 2 aromatic heterocycles. The fourth-order valence-corrected chi connectivity index (χ4v) is 2.32. The van der Waals surface area contributed by atoms with Gasteiger partial charge in [0.1, 0.15) is 0 Å². The number of amides is 1. The van der Waals surface area contributed by atoms with Gasteiger partial charge in [-0.25, -0.2) is 4.68 Å². The number of rotatable bonds is 7. The second-order valence-corrected chi connectivity index (χ2v) is 4.99. The number of aryl methyl sites for hydroxylation is 1. The van der Waals surface area contributed by atoms with Crippen LogP contribution < -0.4 is 4.90 Å². The molecule has 0 fully saturated rings. The highest BCUT2D eigenvalue weighted by molar-refractivity contribution is 5.93. The molecule has 0 saturated carbocycles. The number of nitrogens with zero attached hydrogens (tertiary/aromatic N) is 4. The van der Waals surface area contributed by atoms with Gasteiger partial charge < -0.3 is 9.64 Å². The van der Waals surface area contributed by atoms with Crippen LogP contribution in [0, 0.1) is 6.92 Å². The van der Waals surface area contributed by atoms with Crippen LogP contribution in [0.25, 0.3) is 5.69 Å². The summed E-state index contributed by atoms with van der Waals surface area (Å²) in [5, 5.41) is 4.49. The highest BCUT2D eigenvalue weighted by atomic mass is 16.5. The van der Waals surface area contributed by atoms with E-state index in [1.807, 2.05) is 32.2 Å². The summed E-state index contributed by atoms with van der Waals surface area (Å²) in [5.41, 5.74) is 2.54. The maximum atomic E-state index is 12.4. The van der Waals surface area contributed by atoms with Crippen molar-refractivity contribution in [3.8, 4) is 5.69 Å². The standard InChI is InChI=1S/C16H22N4O2/c1-4-19(16(21)8-6-10-22-3)15-12-20(18-13(15)2)14-7-5-9-17-11-14/h5,7,9,11-12H,4,6,8,10H2,1-3H3. The van der Waals surface area contributed by atoms with Crippen molar-refractivity contribution in [3.63, 3.8) is 0 Å². The lowest BCUT2D eigenvalue weighted by Gasteiger charge is -2.19. The Hall–Kier alpha value is -2.21. The number of carbonyl (C=O) groups excluding carboxylic acids is 1. The molecule has 2 aromatic rings. The van der Waals surface area contributed by atoms with E-state index in [0.717, 1.165) is 23.5 Å². The quantitative estimate of drug-likeness (QED) is 0.737. The number of hydrogen-bond donors (Lipinski definition) is 0. The van der Waals surface area contributed by atoms with Crippen molar-refractivity contribution in [3.05, 3.63) is 36.4 Å². The normalized spacial score (nSPS) is 10.7. The smallest absolute Gasteiger partial charge is 0.227 e. The van der Waals surface area contributed by atoms with Crippen LogP contribution in [-0.2, 0) is 9.53 Å². The monoisotopic (exact) mass is 302 g/mol. The molecule has 0 spiro atoms. The molecule has 6 heteroatoms. The Labute approximate surface area is 130 Å². The molecule has 0 unspecified atom stereocenters. The third-order valence-corrected chi connectivity index (χ3v) is 3.43. The van der Waals surface area contributed by atoms with E-state index in [9.17, 15) is 4.79 Å². The summed E-state index contributed by atoms with van der Waals surface area (Å²) in [6, 6.07) is 3.79. The van der Waals surface area contributed by atoms with Gasteiger partial charge in [0.2, 0.25) is 5.91 Å². The van der Waals surface area contributed by atoms with Gasteiger partial charge >= 0.3 is 0 Å². The first-order chi connectivity index (χ1) is 10.7. The van der Waals surface area contributed by atoms with Crippen LogP contribution in [0.2, 0.25) is 0 Å². The number of carbonyl (C=O) groups is 1. The maximum Gasteiger partial charge on any atom is 0.227 e. The van der Waals surface area contributed by atoms with E-state index in [1.165, 1.54) is 0 Å². The van der Waals surface area contributed by atoms with Gasteiger partial charge in [0.25, 0.3) is 0 Å². The molecule has 0 saturated heterocycles. The summed E-state index contributed by atoms with van der Waals surface area (Å²) in [6.45, 7) is 5.09. The predicted octanol–water partition coefficient (Wildman–Crippen LogP) is 2.36. The lowest BCUT2D eigenvalue weighted by molar-refractivity contribution is -0.118. The molecule has 118 valence electrons. The zero-order valence-electron chi connectivity index (χ0n) is 13.3. The van der Waals surface area contributed by atoms with E-state index >= 15 is 0 Å². The van der Waals surface area contributed by atoms with Crippen molar-refractivity contribution >= 4 is 11.6 Å². The van der Waals surface area contributed by atoms with E-state index in [-0.39, 0.29) is 5.91 Å². The fraction of sp³-hybridized carbons (Fsp3) is 0.438. The summed E-state index contributed by atoms with van der Waals surface area (Å²) in [6.07, 6.45) is 6.54. The molecule has 6 nitrogen and oxygen atoms in total. The molecule has 0 aromatic carbocycles. The van der Waals surface area contributed by atoms with Crippen molar-refractivity contribution < 1.29 is 9.53 Å². The van der Waals surface area contributed by atoms with Crippen molar-refractivity contribution in [2.75, 3.05) is 25.2 Å². The lowest BCUT2D eigenvalue weighted by Crippen LogP contribution is -2.30. The van der Waals surface area contributed by atoms with E-state index in [1.54, 1.807) is 29.1 Å². The Balaban J connectivity index is 2.19. The van der Waals surface area contributed by atoms with Gasteiger partial charge in [-0.2, -0.15) is 5.10 Å². The molecular weight excluding hydrogens is 280 g/mol. The Kier molecular flexibility index (Phi) is 5.66. The third-order valence-electron chi connectivity index (χ3n) is 3.43. The summed E-state index contributed by atoms with van der Waals surface area (Å²) in [7, 11) is 1.64. The highest BCUT2D eigenvalue weighted by Crippen LogP contribution is 2.21. The van der Waals surface area contributed by atoms with Crippen molar-refractivity contribution in [2.45, 2.75) is 26.7 Å². The third kappa shape index (κ3) is 3.71. The largest absolute Gasteiger partial charge is 0.385 e. The van der Waals surface area contributed by atoms with Crippen LogP contribution in [-0.4, -0.2) is 40.9 Å². The molecule has 22 heavy (non-hydrogen) atoms. The predicted molar refractivity (Wildman–Crippen MR) is 85.2 cm³/mol. The van der Waals surface area contributed by atoms with Crippen LogP contribution >= 0.6 is 0 Å².